The van der Waals surface area contributed by atoms with Gasteiger partial charge in [0.05, 0.1) is 13.2 Å². The molecule has 0 radical (unpaired) electrons. The van der Waals surface area contributed by atoms with Crippen molar-refractivity contribution in [3.8, 4) is 11.5 Å². The standard InChI is InChI=1S/C15H23NO4/c1-4-9-20-12-8-7-11(10-13(12)19-6-3)14(15(17)18)16-5-2/h7-8,10,14,16H,4-6,9H2,1-3H3,(H,17,18). The zero-order chi connectivity index (χ0) is 15.0. The molecule has 0 aliphatic carbocycles. The summed E-state index contributed by atoms with van der Waals surface area (Å²) >= 11 is 0. The second-order valence-corrected chi connectivity index (χ2v) is 4.32. The molecule has 0 saturated carbocycles. The molecule has 1 aromatic carbocycles. The van der Waals surface area contributed by atoms with Crippen molar-refractivity contribution in [2.24, 2.45) is 0 Å². The summed E-state index contributed by atoms with van der Waals surface area (Å²) in [6.45, 7) is 7.47. The first-order valence-electron chi connectivity index (χ1n) is 6.99. The normalized spacial score (nSPS) is 11.9. The Kier molecular flexibility index (Phi) is 6.87. The Morgan fingerprint density at radius 3 is 2.55 bits per heavy atom. The highest BCUT2D eigenvalue weighted by Gasteiger charge is 2.20. The second kappa shape index (κ2) is 8.43. The number of rotatable bonds is 9. The smallest absolute Gasteiger partial charge is 0.325 e. The molecular formula is C15H23NO4. The number of hydrogen-bond acceptors (Lipinski definition) is 4. The van der Waals surface area contributed by atoms with Crippen LogP contribution < -0.4 is 14.8 Å². The van der Waals surface area contributed by atoms with Gasteiger partial charge in [-0.15, -0.1) is 0 Å². The molecular weight excluding hydrogens is 258 g/mol. The van der Waals surface area contributed by atoms with E-state index < -0.39 is 12.0 Å². The van der Waals surface area contributed by atoms with E-state index in [4.69, 9.17) is 9.47 Å². The SMILES string of the molecule is CCCOc1ccc(C(NCC)C(=O)O)cc1OCC. The van der Waals surface area contributed by atoms with Gasteiger partial charge in [-0.2, -0.15) is 0 Å². The molecule has 5 nitrogen and oxygen atoms in total. The number of carbonyl (C=O) groups is 1. The first kappa shape index (κ1) is 16.3. The van der Waals surface area contributed by atoms with Crippen molar-refractivity contribution in [2.75, 3.05) is 19.8 Å². The number of benzene rings is 1. The minimum Gasteiger partial charge on any atom is -0.490 e. The Hall–Kier alpha value is -1.75. The fourth-order valence-electron chi connectivity index (χ4n) is 1.86. The molecule has 1 rings (SSSR count). The Balaban J connectivity index is 3.03. The number of carboxylic acid groups (broad SMARTS) is 1. The van der Waals surface area contributed by atoms with Crippen LogP contribution >= 0.6 is 0 Å². The summed E-state index contributed by atoms with van der Waals surface area (Å²) in [7, 11) is 0. The van der Waals surface area contributed by atoms with Crippen LogP contribution in [0.1, 0.15) is 38.8 Å². The molecule has 1 atom stereocenters. The van der Waals surface area contributed by atoms with Gasteiger partial charge in [0.15, 0.2) is 11.5 Å². The zero-order valence-electron chi connectivity index (χ0n) is 12.3. The number of ether oxygens (including phenoxy) is 2. The Morgan fingerprint density at radius 1 is 1.25 bits per heavy atom. The fourth-order valence-corrected chi connectivity index (χ4v) is 1.86. The molecule has 0 aliphatic heterocycles. The van der Waals surface area contributed by atoms with Crippen molar-refractivity contribution in [2.45, 2.75) is 33.2 Å². The monoisotopic (exact) mass is 281 g/mol. The molecule has 0 spiro atoms. The third kappa shape index (κ3) is 4.42. The summed E-state index contributed by atoms with van der Waals surface area (Å²) < 4.78 is 11.1. The molecule has 0 aliphatic rings. The maximum Gasteiger partial charge on any atom is 0.325 e. The molecule has 0 aromatic heterocycles. The van der Waals surface area contributed by atoms with E-state index >= 15 is 0 Å². The first-order chi connectivity index (χ1) is 9.63. The third-order valence-electron chi connectivity index (χ3n) is 2.72. The van der Waals surface area contributed by atoms with Gasteiger partial charge in [-0.3, -0.25) is 4.79 Å². The first-order valence-corrected chi connectivity index (χ1v) is 6.99. The fraction of sp³-hybridized carbons (Fsp3) is 0.533. The minimum atomic E-state index is -0.906. The van der Waals surface area contributed by atoms with E-state index in [-0.39, 0.29) is 0 Å². The molecule has 0 amide bonds. The molecule has 20 heavy (non-hydrogen) atoms. The number of hydrogen-bond donors (Lipinski definition) is 2. The van der Waals surface area contributed by atoms with E-state index in [2.05, 4.69) is 5.32 Å². The van der Waals surface area contributed by atoms with E-state index in [1.165, 1.54) is 0 Å². The van der Waals surface area contributed by atoms with Gasteiger partial charge in [-0.25, -0.2) is 0 Å². The van der Waals surface area contributed by atoms with Gasteiger partial charge < -0.3 is 19.9 Å². The number of nitrogens with one attached hydrogen (secondary N) is 1. The Morgan fingerprint density at radius 2 is 2.00 bits per heavy atom. The van der Waals surface area contributed by atoms with Crippen LogP contribution in [-0.2, 0) is 4.79 Å². The highest BCUT2D eigenvalue weighted by atomic mass is 16.5. The van der Waals surface area contributed by atoms with Gasteiger partial charge in [0.2, 0.25) is 0 Å². The predicted octanol–water partition coefficient (Wildman–Crippen LogP) is 2.61. The highest BCUT2D eigenvalue weighted by Crippen LogP contribution is 2.31. The molecule has 0 saturated heterocycles. The molecule has 0 bridgehead atoms. The Labute approximate surface area is 119 Å². The van der Waals surface area contributed by atoms with Gasteiger partial charge in [0.1, 0.15) is 6.04 Å². The van der Waals surface area contributed by atoms with Crippen LogP contribution in [0, 0.1) is 0 Å². The average Bonchev–Trinajstić information content (AvgIpc) is 2.43. The predicted molar refractivity (Wildman–Crippen MR) is 77.5 cm³/mol. The minimum absolute atomic E-state index is 0.505. The maximum absolute atomic E-state index is 11.3. The summed E-state index contributed by atoms with van der Waals surface area (Å²) in [5, 5.41) is 12.2. The molecule has 2 N–H and O–H groups in total. The van der Waals surface area contributed by atoms with Crippen molar-refractivity contribution < 1.29 is 19.4 Å². The lowest BCUT2D eigenvalue weighted by molar-refractivity contribution is -0.139. The highest BCUT2D eigenvalue weighted by molar-refractivity contribution is 5.76. The van der Waals surface area contributed by atoms with Crippen molar-refractivity contribution in [1.29, 1.82) is 0 Å². The number of carboxylic acids is 1. The lowest BCUT2D eigenvalue weighted by atomic mass is 10.1. The van der Waals surface area contributed by atoms with Gasteiger partial charge in [0, 0.05) is 0 Å². The van der Waals surface area contributed by atoms with Crippen LogP contribution in [0.5, 0.6) is 11.5 Å². The quantitative estimate of drug-likeness (QED) is 0.728. The summed E-state index contributed by atoms with van der Waals surface area (Å²) in [5.41, 5.74) is 0.659. The van der Waals surface area contributed by atoms with Crippen LogP contribution in [0.3, 0.4) is 0 Å². The van der Waals surface area contributed by atoms with E-state index in [1.54, 1.807) is 18.2 Å². The molecule has 1 unspecified atom stereocenters. The van der Waals surface area contributed by atoms with Crippen molar-refractivity contribution in [3.05, 3.63) is 23.8 Å². The summed E-state index contributed by atoms with van der Waals surface area (Å²) in [6, 6.07) is 4.52. The molecule has 0 fully saturated rings. The molecule has 1 aromatic rings. The topological polar surface area (TPSA) is 67.8 Å². The van der Waals surface area contributed by atoms with E-state index in [0.29, 0.717) is 36.8 Å². The molecule has 0 heterocycles. The Bertz CT molecular complexity index is 434. The van der Waals surface area contributed by atoms with Crippen molar-refractivity contribution >= 4 is 5.97 Å². The lowest BCUT2D eigenvalue weighted by Crippen LogP contribution is -2.28. The average molecular weight is 281 g/mol. The molecule has 112 valence electrons. The maximum atomic E-state index is 11.3. The third-order valence-corrected chi connectivity index (χ3v) is 2.72. The van der Waals surface area contributed by atoms with Gasteiger partial charge >= 0.3 is 5.97 Å². The van der Waals surface area contributed by atoms with Crippen LogP contribution in [0.25, 0.3) is 0 Å². The van der Waals surface area contributed by atoms with Crippen molar-refractivity contribution in [3.63, 3.8) is 0 Å². The number of aliphatic carboxylic acids is 1. The number of likely N-dealkylation sites (N-methyl/N-ethyl adjacent to an activating group) is 1. The van der Waals surface area contributed by atoms with E-state index in [9.17, 15) is 9.90 Å². The van der Waals surface area contributed by atoms with Crippen molar-refractivity contribution in [1.82, 2.24) is 5.32 Å². The summed E-state index contributed by atoms with van der Waals surface area (Å²) in [5.74, 6) is 0.331. The second-order valence-electron chi connectivity index (χ2n) is 4.32. The van der Waals surface area contributed by atoms with Gasteiger partial charge in [-0.1, -0.05) is 19.9 Å². The molecule has 5 heteroatoms. The van der Waals surface area contributed by atoms with Crippen LogP contribution in [-0.4, -0.2) is 30.8 Å². The lowest BCUT2D eigenvalue weighted by Gasteiger charge is -2.17. The van der Waals surface area contributed by atoms with E-state index in [0.717, 1.165) is 6.42 Å². The summed E-state index contributed by atoms with van der Waals surface area (Å²) in [4.78, 5) is 11.3. The summed E-state index contributed by atoms with van der Waals surface area (Å²) in [6.07, 6.45) is 0.905. The largest absolute Gasteiger partial charge is 0.490 e. The van der Waals surface area contributed by atoms with E-state index in [1.807, 2.05) is 20.8 Å². The van der Waals surface area contributed by atoms with Crippen LogP contribution in [0.2, 0.25) is 0 Å². The van der Waals surface area contributed by atoms with Gasteiger partial charge in [-0.05, 0) is 37.6 Å². The van der Waals surface area contributed by atoms with Gasteiger partial charge in [0.25, 0.3) is 0 Å². The zero-order valence-corrected chi connectivity index (χ0v) is 12.3. The van der Waals surface area contributed by atoms with Crippen LogP contribution in [0.4, 0.5) is 0 Å². The van der Waals surface area contributed by atoms with Crippen LogP contribution in [0.15, 0.2) is 18.2 Å².